The monoisotopic (exact) mass is 242 g/mol. The molecule has 2 N–H and O–H groups in total. The number of hydrogen-bond donors (Lipinski definition) is 1. The summed E-state index contributed by atoms with van der Waals surface area (Å²) in [6, 6.07) is 0. The zero-order valence-electron chi connectivity index (χ0n) is 10.4. The van der Waals surface area contributed by atoms with Crippen LogP contribution in [0, 0.1) is 5.41 Å². The van der Waals surface area contributed by atoms with Crippen molar-refractivity contribution in [2.75, 3.05) is 37.7 Å². The van der Waals surface area contributed by atoms with Crippen molar-refractivity contribution in [1.82, 2.24) is 4.90 Å². The molecule has 2 nitrogen and oxygen atoms in total. The molecule has 0 aromatic heterocycles. The molecule has 0 bridgehead atoms. The van der Waals surface area contributed by atoms with Crippen LogP contribution in [0.5, 0.6) is 0 Å². The molecule has 2 rings (SSSR count). The molecule has 0 aromatic carbocycles. The van der Waals surface area contributed by atoms with Crippen LogP contribution < -0.4 is 5.73 Å². The molecule has 1 saturated heterocycles. The molecular formula is C13H26N2S. The highest BCUT2D eigenvalue weighted by Gasteiger charge is 2.32. The van der Waals surface area contributed by atoms with Crippen LogP contribution in [-0.4, -0.2) is 42.6 Å². The van der Waals surface area contributed by atoms with Crippen LogP contribution >= 0.6 is 11.8 Å². The number of thioether (sulfide) groups is 1. The smallest absolute Gasteiger partial charge is 0.00726 e. The topological polar surface area (TPSA) is 29.3 Å². The standard InChI is InChI=1S/C13H26N2S/c14-11-13(5-2-1-3-6-13)12-15-7-4-9-16-10-8-15/h1-12,14H2. The highest BCUT2D eigenvalue weighted by molar-refractivity contribution is 7.99. The van der Waals surface area contributed by atoms with Crippen molar-refractivity contribution in [3.05, 3.63) is 0 Å². The van der Waals surface area contributed by atoms with Gasteiger partial charge in [-0.25, -0.2) is 0 Å². The normalized spacial score (nSPS) is 27.6. The Morgan fingerprint density at radius 2 is 1.81 bits per heavy atom. The summed E-state index contributed by atoms with van der Waals surface area (Å²) >= 11 is 2.12. The van der Waals surface area contributed by atoms with Gasteiger partial charge in [0.05, 0.1) is 0 Å². The zero-order valence-corrected chi connectivity index (χ0v) is 11.2. The van der Waals surface area contributed by atoms with E-state index in [0.717, 1.165) is 6.54 Å². The lowest BCUT2D eigenvalue weighted by molar-refractivity contribution is 0.116. The van der Waals surface area contributed by atoms with Gasteiger partial charge in [-0.2, -0.15) is 11.8 Å². The summed E-state index contributed by atoms with van der Waals surface area (Å²) in [6.07, 6.45) is 8.34. The van der Waals surface area contributed by atoms with Gasteiger partial charge in [-0.3, -0.25) is 0 Å². The lowest BCUT2D eigenvalue weighted by Crippen LogP contribution is -2.44. The second kappa shape index (κ2) is 6.27. The summed E-state index contributed by atoms with van der Waals surface area (Å²) in [5.41, 5.74) is 6.53. The lowest BCUT2D eigenvalue weighted by atomic mass is 9.73. The Hall–Kier alpha value is 0.270. The quantitative estimate of drug-likeness (QED) is 0.823. The summed E-state index contributed by atoms with van der Waals surface area (Å²) in [6.45, 7) is 4.75. The highest BCUT2D eigenvalue weighted by atomic mass is 32.2. The summed E-state index contributed by atoms with van der Waals surface area (Å²) in [5, 5.41) is 0. The molecule has 0 radical (unpaired) electrons. The van der Waals surface area contributed by atoms with Crippen molar-refractivity contribution >= 4 is 11.8 Å². The van der Waals surface area contributed by atoms with E-state index in [-0.39, 0.29) is 0 Å². The second-order valence-corrected chi connectivity index (χ2v) is 6.73. The molecule has 1 saturated carbocycles. The minimum absolute atomic E-state index is 0.466. The number of hydrogen-bond acceptors (Lipinski definition) is 3. The van der Waals surface area contributed by atoms with Gasteiger partial charge in [0.1, 0.15) is 0 Å². The third-order valence-electron chi connectivity index (χ3n) is 4.22. The maximum atomic E-state index is 6.06. The highest BCUT2D eigenvalue weighted by Crippen LogP contribution is 2.36. The Bertz CT molecular complexity index is 194. The van der Waals surface area contributed by atoms with Crippen LogP contribution in [0.1, 0.15) is 38.5 Å². The number of rotatable bonds is 3. The third-order valence-corrected chi connectivity index (χ3v) is 5.27. The van der Waals surface area contributed by atoms with Gasteiger partial charge in [0.15, 0.2) is 0 Å². The minimum atomic E-state index is 0.466. The van der Waals surface area contributed by atoms with E-state index in [1.54, 1.807) is 0 Å². The molecule has 2 fully saturated rings. The molecule has 0 atom stereocenters. The van der Waals surface area contributed by atoms with Gasteiger partial charge in [-0.05, 0) is 43.5 Å². The fourth-order valence-electron chi connectivity index (χ4n) is 3.16. The van der Waals surface area contributed by atoms with E-state index < -0.39 is 0 Å². The fourth-order valence-corrected chi connectivity index (χ4v) is 4.08. The van der Waals surface area contributed by atoms with Gasteiger partial charge in [0.2, 0.25) is 0 Å². The molecule has 1 aliphatic heterocycles. The Morgan fingerprint density at radius 1 is 1.00 bits per heavy atom. The van der Waals surface area contributed by atoms with Crippen molar-refractivity contribution in [2.45, 2.75) is 38.5 Å². The average molecular weight is 242 g/mol. The molecular weight excluding hydrogens is 216 g/mol. The summed E-state index contributed by atoms with van der Waals surface area (Å²) in [4.78, 5) is 2.68. The van der Waals surface area contributed by atoms with Gasteiger partial charge < -0.3 is 10.6 Å². The number of nitrogens with two attached hydrogens (primary N) is 1. The Balaban J connectivity index is 1.88. The molecule has 3 heteroatoms. The van der Waals surface area contributed by atoms with E-state index in [0.29, 0.717) is 5.41 Å². The predicted octanol–water partition coefficient (Wildman–Crippen LogP) is 2.33. The summed E-state index contributed by atoms with van der Waals surface area (Å²) < 4.78 is 0. The van der Waals surface area contributed by atoms with Gasteiger partial charge in [0, 0.05) is 18.8 Å². The molecule has 0 aromatic rings. The maximum absolute atomic E-state index is 6.06. The first-order valence-electron chi connectivity index (χ1n) is 6.85. The van der Waals surface area contributed by atoms with Crippen LogP contribution in [-0.2, 0) is 0 Å². The van der Waals surface area contributed by atoms with Gasteiger partial charge >= 0.3 is 0 Å². The molecule has 0 amide bonds. The minimum Gasteiger partial charge on any atom is -0.330 e. The van der Waals surface area contributed by atoms with Crippen LogP contribution in [0.15, 0.2) is 0 Å². The molecule has 0 unspecified atom stereocenters. The first-order chi connectivity index (χ1) is 7.85. The Kier molecular flexibility index (Phi) is 4.98. The van der Waals surface area contributed by atoms with Gasteiger partial charge in [0.25, 0.3) is 0 Å². The van der Waals surface area contributed by atoms with E-state index in [4.69, 9.17) is 5.73 Å². The Labute approximate surface area is 104 Å². The molecule has 2 aliphatic rings. The van der Waals surface area contributed by atoms with Crippen molar-refractivity contribution in [3.8, 4) is 0 Å². The van der Waals surface area contributed by atoms with Gasteiger partial charge in [-0.15, -0.1) is 0 Å². The molecule has 94 valence electrons. The van der Waals surface area contributed by atoms with Crippen LogP contribution in [0.4, 0.5) is 0 Å². The Morgan fingerprint density at radius 3 is 2.56 bits per heavy atom. The van der Waals surface area contributed by atoms with E-state index in [2.05, 4.69) is 16.7 Å². The van der Waals surface area contributed by atoms with Gasteiger partial charge in [-0.1, -0.05) is 19.3 Å². The summed E-state index contributed by atoms with van der Waals surface area (Å²) in [7, 11) is 0. The van der Waals surface area contributed by atoms with Crippen molar-refractivity contribution in [3.63, 3.8) is 0 Å². The van der Waals surface area contributed by atoms with Crippen LogP contribution in [0.3, 0.4) is 0 Å². The second-order valence-electron chi connectivity index (χ2n) is 5.51. The van der Waals surface area contributed by atoms with E-state index >= 15 is 0 Å². The lowest BCUT2D eigenvalue weighted by Gasteiger charge is -2.40. The maximum Gasteiger partial charge on any atom is 0.00726 e. The summed E-state index contributed by atoms with van der Waals surface area (Å²) in [5.74, 6) is 2.67. The first kappa shape index (κ1) is 12.7. The van der Waals surface area contributed by atoms with E-state index in [1.807, 2.05) is 0 Å². The average Bonchev–Trinajstić information content (AvgIpc) is 2.59. The van der Waals surface area contributed by atoms with Crippen LogP contribution in [0.25, 0.3) is 0 Å². The van der Waals surface area contributed by atoms with Crippen molar-refractivity contribution in [1.29, 1.82) is 0 Å². The molecule has 0 spiro atoms. The molecule has 16 heavy (non-hydrogen) atoms. The number of nitrogens with zero attached hydrogens (tertiary/aromatic N) is 1. The largest absolute Gasteiger partial charge is 0.330 e. The van der Waals surface area contributed by atoms with Crippen molar-refractivity contribution in [2.24, 2.45) is 11.1 Å². The predicted molar refractivity (Wildman–Crippen MR) is 73.0 cm³/mol. The van der Waals surface area contributed by atoms with E-state index in [1.165, 1.54) is 69.7 Å². The molecule has 1 heterocycles. The zero-order chi connectivity index (χ0) is 11.3. The van der Waals surface area contributed by atoms with E-state index in [9.17, 15) is 0 Å². The third kappa shape index (κ3) is 3.38. The molecule has 1 aliphatic carbocycles. The van der Waals surface area contributed by atoms with Crippen LogP contribution in [0.2, 0.25) is 0 Å². The first-order valence-corrected chi connectivity index (χ1v) is 8.00. The SMILES string of the molecule is NCC1(CN2CCCSCC2)CCCCC1. The fraction of sp³-hybridized carbons (Fsp3) is 1.00. The van der Waals surface area contributed by atoms with Crippen molar-refractivity contribution < 1.29 is 0 Å².